The van der Waals surface area contributed by atoms with E-state index < -0.39 is 0 Å². The molecule has 0 bridgehead atoms. The maximum atomic E-state index is 12.4. The van der Waals surface area contributed by atoms with E-state index in [1.165, 1.54) is 6.21 Å². The second-order valence-electron chi connectivity index (χ2n) is 7.63. The zero-order valence-corrected chi connectivity index (χ0v) is 16.7. The quantitative estimate of drug-likeness (QED) is 0.596. The Morgan fingerprint density at radius 3 is 2.79 bits per heavy atom. The Labute approximate surface area is 165 Å². The standard InChI is InChI=1S/C20H27N7O/c1-13-9-15(5-7-22-13)24-16-12-23-18(10-14(16)11-21)26-19(28)25-17-6-8-27(4)20(17,2)3/h5,7,9-12,17,21H,6,8H2,1-4H3,(H,22,24)(H2,23,25,26,28). The van der Waals surface area contributed by atoms with E-state index in [4.69, 9.17) is 5.41 Å². The van der Waals surface area contributed by atoms with Crippen LogP contribution in [0.5, 0.6) is 0 Å². The molecule has 0 aromatic carbocycles. The molecule has 3 rings (SSSR count). The van der Waals surface area contributed by atoms with Gasteiger partial charge in [0.2, 0.25) is 0 Å². The van der Waals surface area contributed by atoms with E-state index >= 15 is 0 Å². The zero-order chi connectivity index (χ0) is 20.3. The molecule has 4 N–H and O–H groups in total. The highest BCUT2D eigenvalue weighted by atomic mass is 16.2. The van der Waals surface area contributed by atoms with Gasteiger partial charge in [-0.25, -0.2) is 9.78 Å². The molecule has 1 aliphatic rings. The van der Waals surface area contributed by atoms with Crippen molar-refractivity contribution in [1.82, 2.24) is 20.2 Å². The van der Waals surface area contributed by atoms with Gasteiger partial charge in [0, 0.05) is 47.5 Å². The highest BCUT2D eigenvalue weighted by Gasteiger charge is 2.39. The van der Waals surface area contributed by atoms with Crippen molar-refractivity contribution >= 4 is 29.4 Å². The van der Waals surface area contributed by atoms with Crippen molar-refractivity contribution in [1.29, 1.82) is 5.41 Å². The average molecular weight is 381 g/mol. The van der Waals surface area contributed by atoms with Crippen LogP contribution in [0.3, 0.4) is 0 Å². The number of nitrogens with zero attached hydrogens (tertiary/aromatic N) is 3. The topological polar surface area (TPSA) is 106 Å². The third-order valence-electron chi connectivity index (χ3n) is 5.40. The highest BCUT2D eigenvalue weighted by Crippen LogP contribution is 2.27. The summed E-state index contributed by atoms with van der Waals surface area (Å²) < 4.78 is 0. The van der Waals surface area contributed by atoms with E-state index in [-0.39, 0.29) is 17.6 Å². The van der Waals surface area contributed by atoms with E-state index in [2.05, 4.69) is 51.7 Å². The minimum atomic E-state index is -0.290. The van der Waals surface area contributed by atoms with Crippen LogP contribution in [0.25, 0.3) is 0 Å². The molecule has 28 heavy (non-hydrogen) atoms. The Kier molecular flexibility index (Phi) is 5.60. The fourth-order valence-corrected chi connectivity index (χ4v) is 3.33. The zero-order valence-electron chi connectivity index (χ0n) is 16.7. The van der Waals surface area contributed by atoms with Crippen LogP contribution in [-0.2, 0) is 0 Å². The molecule has 1 aliphatic heterocycles. The summed E-state index contributed by atoms with van der Waals surface area (Å²) in [4.78, 5) is 23.1. The summed E-state index contributed by atoms with van der Waals surface area (Å²) in [7, 11) is 2.06. The van der Waals surface area contributed by atoms with Crippen LogP contribution in [0.15, 0.2) is 30.6 Å². The number of nitrogens with one attached hydrogen (secondary N) is 4. The Morgan fingerprint density at radius 2 is 2.14 bits per heavy atom. The number of carbonyl (C=O) groups is 1. The molecule has 0 spiro atoms. The summed E-state index contributed by atoms with van der Waals surface area (Å²) in [5.74, 6) is 0.400. The van der Waals surface area contributed by atoms with Gasteiger partial charge in [-0.3, -0.25) is 15.2 Å². The van der Waals surface area contributed by atoms with Gasteiger partial charge in [0.25, 0.3) is 0 Å². The minimum absolute atomic E-state index is 0.0653. The molecule has 2 amide bonds. The SMILES string of the molecule is Cc1cc(Nc2cnc(NC(=O)NC3CCN(C)C3(C)C)cc2C=N)ccn1. The molecule has 3 heterocycles. The first-order chi connectivity index (χ1) is 13.3. The number of pyridine rings is 2. The lowest BCUT2D eigenvalue weighted by atomic mass is 9.96. The number of likely N-dealkylation sites (tertiary alicyclic amines) is 1. The molecule has 2 aromatic rings. The summed E-state index contributed by atoms with van der Waals surface area (Å²) in [6.07, 6.45) is 5.47. The third kappa shape index (κ3) is 4.28. The lowest BCUT2D eigenvalue weighted by molar-refractivity contribution is 0.186. The van der Waals surface area contributed by atoms with Crippen LogP contribution < -0.4 is 16.0 Å². The average Bonchev–Trinajstić information content (AvgIpc) is 2.89. The third-order valence-corrected chi connectivity index (χ3v) is 5.40. The van der Waals surface area contributed by atoms with Gasteiger partial charge in [0.15, 0.2) is 0 Å². The molecule has 8 nitrogen and oxygen atoms in total. The number of aromatic nitrogens is 2. The van der Waals surface area contributed by atoms with Gasteiger partial charge in [-0.15, -0.1) is 0 Å². The Balaban J connectivity index is 1.68. The van der Waals surface area contributed by atoms with Crippen LogP contribution >= 0.6 is 0 Å². The van der Waals surface area contributed by atoms with Crippen molar-refractivity contribution in [2.45, 2.75) is 38.8 Å². The first-order valence-electron chi connectivity index (χ1n) is 9.28. The van der Waals surface area contributed by atoms with Crippen LogP contribution in [-0.4, -0.2) is 52.3 Å². The number of aryl methyl sites for hydroxylation is 1. The summed E-state index contributed by atoms with van der Waals surface area (Å²) in [6.45, 7) is 7.11. The van der Waals surface area contributed by atoms with Crippen LogP contribution in [0.4, 0.5) is 22.0 Å². The molecule has 1 saturated heterocycles. The summed E-state index contributed by atoms with van der Waals surface area (Å²) in [5, 5.41) is 16.7. The summed E-state index contributed by atoms with van der Waals surface area (Å²) >= 11 is 0. The first kappa shape index (κ1) is 19.8. The minimum Gasteiger partial charge on any atom is -0.354 e. The number of hydrogen-bond acceptors (Lipinski definition) is 6. The molecule has 2 aromatic heterocycles. The summed E-state index contributed by atoms with van der Waals surface area (Å²) in [5.41, 5.74) is 2.97. The molecule has 0 aliphatic carbocycles. The van der Waals surface area contributed by atoms with Gasteiger partial charge in [-0.05, 0) is 52.4 Å². The van der Waals surface area contributed by atoms with Crippen molar-refractivity contribution in [2.24, 2.45) is 0 Å². The lowest BCUT2D eigenvalue weighted by Crippen LogP contribution is -2.52. The van der Waals surface area contributed by atoms with Gasteiger partial charge in [-0.2, -0.15) is 0 Å². The van der Waals surface area contributed by atoms with Gasteiger partial charge < -0.3 is 16.0 Å². The van der Waals surface area contributed by atoms with Crippen LogP contribution in [0, 0.1) is 12.3 Å². The second-order valence-corrected chi connectivity index (χ2v) is 7.63. The van der Waals surface area contributed by atoms with Crippen molar-refractivity contribution in [2.75, 3.05) is 24.2 Å². The predicted molar refractivity (Wildman–Crippen MR) is 112 cm³/mol. The number of anilines is 3. The number of amides is 2. The Morgan fingerprint density at radius 1 is 1.36 bits per heavy atom. The van der Waals surface area contributed by atoms with Gasteiger partial charge in [0.05, 0.1) is 11.9 Å². The van der Waals surface area contributed by atoms with Crippen molar-refractivity contribution in [3.8, 4) is 0 Å². The molecule has 1 unspecified atom stereocenters. The fraction of sp³-hybridized carbons (Fsp3) is 0.400. The molecule has 0 saturated carbocycles. The van der Waals surface area contributed by atoms with Gasteiger partial charge >= 0.3 is 6.03 Å². The Hall–Kier alpha value is -3.00. The fourth-order valence-electron chi connectivity index (χ4n) is 3.33. The molecule has 148 valence electrons. The van der Waals surface area contributed by atoms with E-state index in [1.807, 2.05) is 19.1 Å². The molecule has 8 heteroatoms. The maximum Gasteiger partial charge on any atom is 0.320 e. The smallest absolute Gasteiger partial charge is 0.320 e. The number of hydrogen-bond donors (Lipinski definition) is 4. The second kappa shape index (κ2) is 7.93. The number of urea groups is 1. The van der Waals surface area contributed by atoms with Crippen LogP contribution in [0.1, 0.15) is 31.5 Å². The van der Waals surface area contributed by atoms with Crippen molar-refractivity contribution < 1.29 is 4.79 Å². The van der Waals surface area contributed by atoms with E-state index in [1.54, 1.807) is 18.5 Å². The largest absolute Gasteiger partial charge is 0.354 e. The normalized spacial score (nSPS) is 18.5. The van der Waals surface area contributed by atoms with E-state index in [0.29, 0.717) is 17.1 Å². The maximum absolute atomic E-state index is 12.4. The van der Waals surface area contributed by atoms with E-state index in [9.17, 15) is 4.79 Å². The molecule has 1 atom stereocenters. The Bertz CT molecular complexity index is 881. The number of carbonyl (C=O) groups excluding carboxylic acids is 1. The molecular weight excluding hydrogens is 354 g/mol. The molecule has 1 fully saturated rings. The highest BCUT2D eigenvalue weighted by molar-refractivity contribution is 5.92. The van der Waals surface area contributed by atoms with Gasteiger partial charge in [-0.1, -0.05) is 0 Å². The first-order valence-corrected chi connectivity index (χ1v) is 9.28. The summed E-state index contributed by atoms with van der Waals surface area (Å²) in [6, 6.07) is 5.21. The predicted octanol–water partition coefficient (Wildman–Crippen LogP) is 3.13. The van der Waals surface area contributed by atoms with Gasteiger partial charge in [0.1, 0.15) is 5.82 Å². The van der Waals surface area contributed by atoms with Crippen molar-refractivity contribution in [3.05, 3.63) is 41.9 Å². The molecule has 0 radical (unpaired) electrons. The number of rotatable bonds is 5. The van der Waals surface area contributed by atoms with E-state index in [0.717, 1.165) is 24.3 Å². The monoisotopic (exact) mass is 381 g/mol. The lowest BCUT2D eigenvalue weighted by Gasteiger charge is -2.33. The van der Waals surface area contributed by atoms with Crippen LogP contribution in [0.2, 0.25) is 0 Å². The van der Waals surface area contributed by atoms with Crippen molar-refractivity contribution in [3.63, 3.8) is 0 Å². The molecular formula is C20H27N7O. The number of likely N-dealkylation sites (N-methyl/N-ethyl adjacent to an activating group) is 1.